The second-order valence-corrected chi connectivity index (χ2v) is 6.68. The minimum atomic E-state index is -3.83. The van der Waals surface area contributed by atoms with E-state index in [2.05, 4.69) is 9.71 Å². The molecule has 0 aliphatic carbocycles. The maximum absolute atomic E-state index is 12.4. The topological polar surface area (TPSA) is 77.5 Å². The van der Waals surface area contributed by atoms with Gasteiger partial charge in [0.15, 0.2) is 5.13 Å². The number of hydrogen-bond donors (Lipinski definition) is 1. The summed E-state index contributed by atoms with van der Waals surface area (Å²) in [5.41, 5.74) is 0.608. The third kappa shape index (κ3) is 3.58. The van der Waals surface area contributed by atoms with Gasteiger partial charge in [0.05, 0.1) is 25.8 Å². The number of rotatable bonds is 6. The first-order valence-electron chi connectivity index (χ1n) is 5.75. The third-order valence-electron chi connectivity index (χ3n) is 2.57. The Balaban J connectivity index is 2.38. The Kier molecular flexibility index (Phi) is 4.92. The molecule has 1 heterocycles. The zero-order valence-electron chi connectivity index (χ0n) is 11.3. The molecule has 0 fully saturated rings. The summed E-state index contributed by atoms with van der Waals surface area (Å²) in [4.78, 5) is 4.04. The quantitative estimate of drug-likeness (QED) is 0.812. The largest absolute Gasteiger partial charge is 0.497 e. The fourth-order valence-electron chi connectivity index (χ4n) is 1.58. The summed E-state index contributed by atoms with van der Waals surface area (Å²) < 4.78 is 37.4. The molecule has 0 atom stereocenters. The van der Waals surface area contributed by atoms with Crippen LogP contribution in [0.25, 0.3) is 0 Å². The zero-order valence-corrected chi connectivity index (χ0v) is 13.7. The van der Waals surface area contributed by atoms with Crippen molar-refractivity contribution in [3.05, 3.63) is 29.3 Å². The molecule has 6 nitrogen and oxygen atoms in total. The van der Waals surface area contributed by atoms with Gasteiger partial charge in [0.2, 0.25) is 0 Å². The fraction of sp³-hybridized carbons (Fsp3) is 0.250. The molecule has 0 aliphatic rings. The van der Waals surface area contributed by atoms with Gasteiger partial charge in [0.1, 0.15) is 16.4 Å². The molecule has 1 aromatic heterocycles. The molecule has 21 heavy (non-hydrogen) atoms. The highest BCUT2D eigenvalue weighted by Gasteiger charge is 2.22. The van der Waals surface area contributed by atoms with Crippen molar-refractivity contribution in [1.82, 2.24) is 4.98 Å². The van der Waals surface area contributed by atoms with Crippen LogP contribution in [0.1, 0.15) is 5.69 Å². The minimum absolute atomic E-state index is 0.0213. The van der Waals surface area contributed by atoms with Crippen LogP contribution in [0.4, 0.5) is 5.13 Å². The smallest absolute Gasteiger partial charge is 0.267 e. The number of nitrogens with zero attached hydrogens (tertiary/aromatic N) is 1. The zero-order chi connectivity index (χ0) is 15.5. The van der Waals surface area contributed by atoms with Gasteiger partial charge in [-0.15, -0.1) is 22.9 Å². The van der Waals surface area contributed by atoms with Crippen molar-refractivity contribution >= 4 is 38.1 Å². The highest BCUT2D eigenvalue weighted by Crippen LogP contribution is 2.30. The molecule has 114 valence electrons. The summed E-state index contributed by atoms with van der Waals surface area (Å²) in [6.45, 7) is 0. The van der Waals surface area contributed by atoms with Gasteiger partial charge in [-0.1, -0.05) is 0 Å². The number of anilines is 1. The Morgan fingerprint density at radius 3 is 2.67 bits per heavy atom. The Bertz CT molecular complexity index is 731. The summed E-state index contributed by atoms with van der Waals surface area (Å²) in [5.74, 6) is 0.856. The molecule has 2 aromatic rings. The predicted molar refractivity (Wildman–Crippen MR) is 82.0 cm³/mol. The molecule has 2 rings (SSSR count). The third-order valence-corrected chi connectivity index (χ3v) is 5.14. The van der Waals surface area contributed by atoms with Crippen LogP contribution in [0.15, 0.2) is 28.5 Å². The SMILES string of the molecule is COc1ccc(OC)c(S(=O)(=O)Nc2nc(CCl)cs2)c1. The van der Waals surface area contributed by atoms with E-state index in [-0.39, 0.29) is 21.7 Å². The molecule has 0 saturated heterocycles. The molecular weight excluding hydrogens is 336 g/mol. The number of thiazole rings is 1. The van der Waals surface area contributed by atoms with Gasteiger partial charge in [-0.2, -0.15) is 0 Å². The van der Waals surface area contributed by atoms with Crippen LogP contribution >= 0.6 is 22.9 Å². The molecule has 1 aromatic carbocycles. The molecule has 0 bridgehead atoms. The average molecular weight is 349 g/mol. The number of methoxy groups -OCH3 is 2. The van der Waals surface area contributed by atoms with Gasteiger partial charge in [0.25, 0.3) is 10.0 Å². The van der Waals surface area contributed by atoms with Crippen molar-refractivity contribution in [3.63, 3.8) is 0 Å². The van der Waals surface area contributed by atoms with E-state index < -0.39 is 10.0 Å². The van der Waals surface area contributed by atoms with Crippen LogP contribution in [-0.2, 0) is 15.9 Å². The Morgan fingerprint density at radius 1 is 1.33 bits per heavy atom. The number of halogens is 1. The highest BCUT2D eigenvalue weighted by atomic mass is 35.5. The summed E-state index contributed by atoms with van der Waals surface area (Å²) in [5, 5.41) is 1.93. The first-order valence-corrected chi connectivity index (χ1v) is 8.65. The lowest BCUT2D eigenvalue weighted by Gasteiger charge is -2.11. The van der Waals surface area contributed by atoms with E-state index in [9.17, 15) is 8.42 Å². The number of benzene rings is 1. The molecule has 0 radical (unpaired) electrons. The van der Waals surface area contributed by atoms with Crippen molar-refractivity contribution in [2.45, 2.75) is 10.8 Å². The fourth-order valence-corrected chi connectivity index (χ4v) is 3.96. The molecule has 0 amide bonds. The molecule has 9 heteroatoms. The summed E-state index contributed by atoms with van der Waals surface area (Å²) in [6.07, 6.45) is 0. The maximum Gasteiger partial charge on any atom is 0.267 e. The van der Waals surface area contributed by atoms with E-state index in [1.807, 2.05) is 0 Å². The van der Waals surface area contributed by atoms with Gasteiger partial charge < -0.3 is 9.47 Å². The van der Waals surface area contributed by atoms with Crippen LogP contribution in [0.2, 0.25) is 0 Å². The Hall–Kier alpha value is -1.51. The molecule has 0 aliphatic heterocycles. The van der Waals surface area contributed by atoms with Gasteiger partial charge in [0, 0.05) is 11.4 Å². The van der Waals surface area contributed by atoms with E-state index in [0.717, 1.165) is 11.3 Å². The van der Waals surface area contributed by atoms with Crippen molar-refractivity contribution in [2.24, 2.45) is 0 Å². The number of hydrogen-bond acceptors (Lipinski definition) is 6. The maximum atomic E-state index is 12.4. The number of aromatic nitrogens is 1. The van der Waals surface area contributed by atoms with Gasteiger partial charge >= 0.3 is 0 Å². The first-order chi connectivity index (χ1) is 10.00. The minimum Gasteiger partial charge on any atom is -0.497 e. The molecule has 1 N–H and O–H groups in total. The summed E-state index contributed by atoms with van der Waals surface area (Å²) in [7, 11) is -0.978. The van der Waals surface area contributed by atoms with Crippen LogP contribution in [0.3, 0.4) is 0 Å². The highest BCUT2D eigenvalue weighted by molar-refractivity contribution is 7.93. The average Bonchev–Trinajstić information content (AvgIpc) is 2.93. The Morgan fingerprint density at radius 2 is 2.10 bits per heavy atom. The van der Waals surface area contributed by atoms with Crippen molar-refractivity contribution in [1.29, 1.82) is 0 Å². The lowest BCUT2D eigenvalue weighted by Crippen LogP contribution is -2.14. The summed E-state index contributed by atoms with van der Waals surface area (Å²) in [6, 6.07) is 4.53. The van der Waals surface area contributed by atoms with E-state index in [4.69, 9.17) is 21.1 Å². The van der Waals surface area contributed by atoms with E-state index in [1.165, 1.54) is 26.4 Å². The van der Waals surface area contributed by atoms with E-state index in [0.29, 0.717) is 11.4 Å². The Labute approximate surface area is 131 Å². The van der Waals surface area contributed by atoms with Gasteiger partial charge in [-0.05, 0) is 12.1 Å². The van der Waals surface area contributed by atoms with Gasteiger partial charge in [-0.3, -0.25) is 4.72 Å². The second-order valence-electron chi connectivity index (χ2n) is 3.90. The number of nitrogens with one attached hydrogen (secondary N) is 1. The lowest BCUT2D eigenvalue weighted by atomic mass is 10.3. The van der Waals surface area contributed by atoms with Crippen molar-refractivity contribution in [3.8, 4) is 11.5 Å². The normalized spacial score (nSPS) is 11.2. The molecular formula is C12H13ClN2O4S2. The number of ether oxygens (including phenoxy) is 2. The van der Waals surface area contributed by atoms with Crippen molar-refractivity contribution < 1.29 is 17.9 Å². The van der Waals surface area contributed by atoms with Crippen molar-refractivity contribution in [2.75, 3.05) is 18.9 Å². The number of sulfonamides is 1. The molecule has 0 saturated carbocycles. The lowest BCUT2D eigenvalue weighted by molar-refractivity contribution is 0.392. The van der Waals surface area contributed by atoms with E-state index >= 15 is 0 Å². The van der Waals surface area contributed by atoms with Crippen LogP contribution in [0.5, 0.6) is 11.5 Å². The van der Waals surface area contributed by atoms with E-state index in [1.54, 1.807) is 11.4 Å². The molecule has 0 unspecified atom stereocenters. The molecule has 0 spiro atoms. The van der Waals surface area contributed by atoms with Crippen LogP contribution < -0.4 is 14.2 Å². The summed E-state index contributed by atoms with van der Waals surface area (Å²) >= 11 is 6.81. The number of alkyl halides is 1. The van der Waals surface area contributed by atoms with Crippen LogP contribution in [0, 0.1) is 0 Å². The predicted octanol–water partition coefficient (Wildman–Crippen LogP) is 2.70. The van der Waals surface area contributed by atoms with Gasteiger partial charge in [-0.25, -0.2) is 13.4 Å². The standard InChI is InChI=1S/C12H13ClN2O4S2/c1-18-9-3-4-10(19-2)11(5-9)21(16,17)15-12-14-8(6-13)7-20-12/h3-5,7H,6H2,1-2H3,(H,14,15). The second kappa shape index (κ2) is 6.50. The van der Waals surface area contributed by atoms with Crippen LogP contribution in [-0.4, -0.2) is 27.6 Å². The monoisotopic (exact) mass is 348 g/mol. The first kappa shape index (κ1) is 15.9.